The fourth-order valence-corrected chi connectivity index (χ4v) is 1.32. The normalized spacial score (nSPS) is 23.1. The maximum Gasteiger partial charge on any atom is 0.0928 e. The summed E-state index contributed by atoms with van der Waals surface area (Å²) >= 11 is 5.89. The van der Waals surface area contributed by atoms with E-state index in [1.807, 2.05) is 0 Å². The molecule has 14 heavy (non-hydrogen) atoms. The summed E-state index contributed by atoms with van der Waals surface area (Å²) in [5, 5.41) is 12.4. The van der Waals surface area contributed by atoms with E-state index in [4.69, 9.17) is 21.2 Å². The second kappa shape index (κ2) is 5.35. The predicted molar refractivity (Wildman–Crippen MR) is 59.6 cm³/mol. The molecule has 1 aromatic rings. The van der Waals surface area contributed by atoms with Crippen molar-refractivity contribution in [3.8, 4) is 0 Å². The first-order valence-electron chi connectivity index (χ1n) is 7.58. The number of aliphatic hydroxyl groups excluding tert-OH is 1. The van der Waals surface area contributed by atoms with Gasteiger partial charge < -0.3 is 10.4 Å². The van der Waals surface area contributed by atoms with Crippen molar-refractivity contribution in [2.75, 3.05) is 6.54 Å². The van der Waals surface area contributed by atoms with E-state index in [0.717, 1.165) is 0 Å². The third-order valence-corrected chi connectivity index (χ3v) is 2.08. The number of hydrogen-bond donors (Lipinski definition) is 2. The summed E-state index contributed by atoms with van der Waals surface area (Å²) in [4.78, 5) is 0. The zero-order valence-corrected chi connectivity index (χ0v) is 8.17. The van der Waals surface area contributed by atoms with E-state index in [1.165, 1.54) is 6.07 Å². The smallest absolute Gasteiger partial charge is 0.0928 e. The fraction of sp³-hybridized carbons (Fsp3) is 0.455. The molecular formula is C11H16ClNO. The van der Waals surface area contributed by atoms with Crippen molar-refractivity contribution >= 4 is 11.6 Å². The zero-order chi connectivity index (χ0) is 16.5. The average molecular weight is 221 g/mol. The molecule has 0 aliphatic carbocycles. The lowest BCUT2D eigenvalue weighted by Crippen LogP contribution is -2.27. The van der Waals surface area contributed by atoms with Crippen LogP contribution in [-0.2, 0) is 0 Å². The maximum atomic E-state index is 10.00. The Kier molecular flexibility index (Phi) is 1.90. The van der Waals surface area contributed by atoms with Gasteiger partial charge in [-0.25, -0.2) is 0 Å². The van der Waals surface area contributed by atoms with Crippen molar-refractivity contribution in [3.05, 3.63) is 34.9 Å². The van der Waals surface area contributed by atoms with E-state index in [-0.39, 0.29) is 5.02 Å². The molecule has 0 aliphatic rings. The number of hydrogen-bond acceptors (Lipinski definition) is 2. The topological polar surface area (TPSA) is 32.3 Å². The highest BCUT2D eigenvalue weighted by molar-refractivity contribution is 6.31. The van der Waals surface area contributed by atoms with Gasteiger partial charge in [0, 0.05) is 32.7 Å². The van der Waals surface area contributed by atoms with Crippen LogP contribution >= 0.6 is 11.6 Å². The molecule has 2 nitrogen and oxygen atoms in total. The molecule has 0 aliphatic heterocycles. The van der Waals surface area contributed by atoms with Crippen LogP contribution in [0, 0.1) is 0 Å². The van der Waals surface area contributed by atoms with Crippen molar-refractivity contribution < 1.29 is 14.7 Å². The molecule has 0 fully saturated rings. The summed E-state index contributed by atoms with van der Waals surface area (Å²) < 4.78 is 51.2. The van der Waals surface area contributed by atoms with Crippen molar-refractivity contribution in [1.29, 1.82) is 0 Å². The van der Waals surface area contributed by atoms with Crippen LogP contribution in [0.4, 0.5) is 0 Å². The molecule has 1 unspecified atom stereocenters. The molecule has 3 heteroatoms. The Labute approximate surface area is 99.7 Å². The van der Waals surface area contributed by atoms with Gasteiger partial charge in [-0.05, 0) is 6.07 Å². The monoisotopic (exact) mass is 220 g/mol. The third-order valence-electron chi connectivity index (χ3n) is 1.74. The van der Waals surface area contributed by atoms with Crippen LogP contribution in [0.15, 0.2) is 24.3 Å². The van der Waals surface area contributed by atoms with E-state index in [1.54, 1.807) is 18.2 Å². The van der Waals surface area contributed by atoms with E-state index in [2.05, 4.69) is 5.32 Å². The first kappa shape index (κ1) is 4.97. The third kappa shape index (κ3) is 3.29. The van der Waals surface area contributed by atoms with Crippen LogP contribution in [0.2, 0.25) is 5.02 Å². The second-order valence-corrected chi connectivity index (χ2v) is 3.20. The number of halogens is 1. The quantitative estimate of drug-likeness (QED) is 0.817. The Morgan fingerprint density at radius 2 is 2.29 bits per heavy atom. The van der Waals surface area contributed by atoms with Gasteiger partial charge in [-0.1, -0.05) is 43.5 Å². The zero-order valence-electron chi connectivity index (χ0n) is 14.4. The van der Waals surface area contributed by atoms with Crippen LogP contribution in [0.1, 0.15) is 35.0 Å². The van der Waals surface area contributed by atoms with Crippen molar-refractivity contribution in [3.63, 3.8) is 0 Å². The van der Waals surface area contributed by atoms with Crippen LogP contribution in [0.25, 0.3) is 0 Å². The van der Waals surface area contributed by atoms with Gasteiger partial charge in [-0.2, -0.15) is 0 Å². The highest BCUT2D eigenvalue weighted by Crippen LogP contribution is 2.21. The van der Waals surface area contributed by atoms with Crippen LogP contribution < -0.4 is 5.32 Å². The largest absolute Gasteiger partial charge is 0.387 e. The Morgan fingerprint density at radius 1 is 1.57 bits per heavy atom. The van der Waals surface area contributed by atoms with Gasteiger partial charge in [0.05, 0.1) is 6.10 Å². The molecule has 1 rings (SSSR count). The molecule has 2 N–H and O–H groups in total. The number of aliphatic hydroxyl groups is 1. The molecule has 78 valence electrons. The summed E-state index contributed by atoms with van der Waals surface area (Å²) in [5.74, 6) is 0. The summed E-state index contributed by atoms with van der Waals surface area (Å²) in [5.41, 5.74) is 0.324. The Hall–Kier alpha value is -0.570. The second-order valence-electron chi connectivity index (χ2n) is 2.79. The van der Waals surface area contributed by atoms with Crippen LogP contribution in [-0.4, -0.2) is 17.7 Å². The standard InChI is InChI=1S/C11H16ClNO/c1-8(2)13-7-11(14)9-5-3-4-6-10(9)12/h3-6,8,11,13-14H,7H2,1-2H3/i1D3,2D3,8D. The fourth-order valence-electron chi connectivity index (χ4n) is 1.05. The molecule has 0 amide bonds. The molecule has 0 spiro atoms. The van der Waals surface area contributed by atoms with Crippen molar-refractivity contribution in [2.45, 2.75) is 25.8 Å². The van der Waals surface area contributed by atoms with Gasteiger partial charge in [0.25, 0.3) is 0 Å². The SMILES string of the molecule is [2H]C([2H])([2H])C([2H])(NCC(O)c1ccccc1Cl)C([2H])([2H])[2H]. The van der Waals surface area contributed by atoms with Gasteiger partial charge in [0.2, 0.25) is 0 Å². The molecule has 0 bridgehead atoms. The lowest BCUT2D eigenvalue weighted by molar-refractivity contribution is 0.171. The summed E-state index contributed by atoms with van der Waals surface area (Å²) in [7, 11) is 0. The molecule has 1 aromatic carbocycles. The summed E-state index contributed by atoms with van der Waals surface area (Å²) in [6, 6.07) is 3.49. The van der Waals surface area contributed by atoms with Gasteiger partial charge >= 0.3 is 0 Å². The Morgan fingerprint density at radius 3 is 2.93 bits per heavy atom. The summed E-state index contributed by atoms with van der Waals surface area (Å²) in [6.45, 7) is -6.60. The molecule has 0 saturated heterocycles. The predicted octanol–water partition coefficient (Wildman–Crippen LogP) is 2.37. The highest BCUT2D eigenvalue weighted by atomic mass is 35.5. The molecule has 0 radical (unpaired) electrons. The van der Waals surface area contributed by atoms with Gasteiger partial charge in [-0.15, -0.1) is 0 Å². The lowest BCUT2D eigenvalue weighted by Gasteiger charge is -2.15. The molecular weight excluding hydrogens is 198 g/mol. The minimum absolute atomic E-state index is 0.269. The van der Waals surface area contributed by atoms with Gasteiger partial charge in [-0.3, -0.25) is 0 Å². The average Bonchev–Trinajstić information content (AvgIpc) is 2.33. The maximum absolute atomic E-state index is 10.00. The van der Waals surface area contributed by atoms with Gasteiger partial charge in [0.15, 0.2) is 0 Å². The van der Waals surface area contributed by atoms with E-state index >= 15 is 0 Å². The molecule has 0 aromatic heterocycles. The minimum atomic E-state index is -3.08. The first-order chi connectivity index (χ1) is 9.40. The van der Waals surface area contributed by atoms with Crippen LogP contribution in [0.3, 0.4) is 0 Å². The number of benzene rings is 1. The van der Waals surface area contributed by atoms with E-state index in [0.29, 0.717) is 5.56 Å². The van der Waals surface area contributed by atoms with Crippen molar-refractivity contribution in [2.24, 2.45) is 0 Å². The molecule has 0 saturated carbocycles. The van der Waals surface area contributed by atoms with Crippen molar-refractivity contribution in [1.82, 2.24) is 5.32 Å². The van der Waals surface area contributed by atoms with Crippen LogP contribution in [0.5, 0.6) is 0 Å². The first-order valence-corrected chi connectivity index (χ1v) is 4.45. The van der Waals surface area contributed by atoms with E-state index in [9.17, 15) is 5.11 Å². The summed E-state index contributed by atoms with van der Waals surface area (Å²) in [6.07, 6.45) is -1.23. The Balaban J connectivity index is 2.91. The minimum Gasteiger partial charge on any atom is -0.387 e. The van der Waals surface area contributed by atoms with Gasteiger partial charge in [0.1, 0.15) is 0 Å². The van der Waals surface area contributed by atoms with E-state index < -0.39 is 32.4 Å². The lowest BCUT2D eigenvalue weighted by atomic mass is 10.1. The number of rotatable bonds is 4. The highest BCUT2D eigenvalue weighted by Gasteiger charge is 2.10. The molecule has 0 heterocycles. The number of nitrogens with one attached hydrogen (secondary N) is 1. The Bertz CT molecular complexity index is 474. The molecule has 1 atom stereocenters.